The van der Waals surface area contributed by atoms with Crippen LogP contribution in [0, 0.1) is 11.8 Å². The molecule has 2 unspecified atom stereocenters. The van der Waals surface area contributed by atoms with E-state index in [1.54, 1.807) is 16.7 Å². The van der Waals surface area contributed by atoms with Crippen LogP contribution in [0.1, 0.15) is 47.5 Å². The van der Waals surface area contributed by atoms with Crippen molar-refractivity contribution in [3.05, 3.63) is 22.8 Å². The summed E-state index contributed by atoms with van der Waals surface area (Å²) in [5.41, 5.74) is 4.74. The van der Waals surface area contributed by atoms with Crippen molar-refractivity contribution in [2.45, 2.75) is 47.5 Å². The van der Waals surface area contributed by atoms with Crippen LogP contribution in [-0.2, 0) is 0 Å². The third kappa shape index (κ3) is 2.24. The topological polar surface area (TPSA) is 0 Å². The Morgan fingerprint density at radius 1 is 1.08 bits per heavy atom. The largest absolute Gasteiger partial charge is 0.0850 e. The molecular weight excluding hydrogens is 156 g/mol. The Bertz CT molecular complexity index is 243. The first-order chi connectivity index (χ1) is 6.04. The van der Waals surface area contributed by atoms with Gasteiger partial charge in [-0.15, -0.1) is 0 Å². The molecule has 0 amide bonds. The predicted octanol–water partition coefficient (Wildman–Crippen LogP) is 4.34. The van der Waals surface area contributed by atoms with Gasteiger partial charge in [0, 0.05) is 0 Å². The van der Waals surface area contributed by atoms with Crippen LogP contribution in [0.5, 0.6) is 0 Å². The first-order valence-electron chi connectivity index (χ1n) is 5.38. The van der Waals surface area contributed by atoms with Gasteiger partial charge in [-0.2, -0.15) is 0 Å². The zero-order valence-corrected chi connectivity index (χ0v) is 9.65. The van der Waals surface area contributed by atoms with Gasteiger partial charge in [0.2, 0.25) is 0 Å². The van der Waals surface area contributed by atoms with E-state index in [9.17, 15) is 0 Å². The summed E-state index contributed by atoms with van der Waals surface area (Å²) in [6, 6.07) is 0. The number of allylic oxidation sites excluding steroid dienone is 4. The van der Waals surface area contributed by atoms with Gasteiger partial charge in [0.15, 0.2) is 0 Å². The third-order valence-corrected chi connectivity index (χ3v) is 3.76. The minimum atomic E-state index is 0.655. The molecule has 0 aromatic carbocycles. The zero-order valence-electron chi connectivity index (χ0n) is 9.65. The number of hydrogen-bond acceptors (Lipinski definition) is 0. The van der Waals surface area contributed by atoms with E-state index < -0.39 is 0 Å². The molecule has 1 aliphatic rings. The van der Waals surface area contributed by atoms with Gasteiger partial charge >= 0.3 is 0 Å². The molecule has 0 heterocycles. The summed E-state index contributed by atoms with van der Waals surface area (Å²) >= 11 is 0. The number of hydrogen-bond donors (Lipinski definition) is 0. The highest BCUT2D eigenvalue weighted by Crippen LogP contribution is 2.30. The van der Waals surface area contributed by atoms with E-state index in [2.05, 4.69) is 40.7 Å². The molecule has 0 aromatic rings. The standard InChI is InChI=1S/C13H22/c1-9-7-6-8-10(2)12(4)13(5)11(9)3/h7,10-11H,6,8H2,1-5H3/b9-7-,13-12-. The highest BCUT2D eigenvalue weighted by molar-refractivity contribution is 5.24. The Labute approximate surface area is 82.7 Å². The van der Waals surface area contributed by atoms with Crippen molar-refractivity contribution in [1.82, 2.24) is 0 Å². The fraction of sp³-hybridized carbons (Fsp3) is 0.692. The van der Waals surface area contributed by atoms with Gasteiger partial charge in [-0.1, -0.05) is 36.6 Å². The van der Waals surface area contributed by atoms with Crippen molar-refractivity contribution >= 4 is 0 Å². The van der Waals surface area contributed by atoms with Crippen LogP contribution in [0.3, 0.4) is 0 Å². The van der Waals surface area contributed by atoms with Crippen molar-refractivity contribution in [2.24, 2.45) is 11.8 Å². The van der Waals surface area contributed by atoms with Gasteiger partial charge in [0.1, 0.15) is 0 Å². The molecule has 2 atom stereocenters. The second-order valence-corrected chi connectivity index (χ2v) is 4.51. The molecule has 0 saturated carbocycles. The molecule has 0 fully saturated rings. The maximum absolute atomic E-state index is 2.41. The molecule has 1 rings (SSSR count). The minimum Gasteiger partial charge on any atom is -0.0850 e. The maximum Gasteiger partial charge on any atom is -0.00243 e. The van der Waals surface area contributed by atoms with E-state index in [0.717, 1.165) is 5.92 Å². The Morgan fingerprint density at radius 3 is 2.31 bits per heavy atom. The van der Waals surface area contributed by atoms with Crippen LogP contribution < -0.4 is 0 Å². The molecule has 74 valence electrons. The van der Waals surface area contributed by atoms with Crippen LogP contribution in [-0.4, -0.2) is 0 Å². The first kappa shape index (κ1) is 10.6. The fourth-order valence-corrected chi connectivity index (χ4v) is 2.03. The van der Waals surface area contributed by atoms with Crippen molar-refractivity contribution in [2.75, 3.05) is 0 Å². The van der Waals surface area contributed by atoms with Crippen LogP contribution in [0.15, 0.2) is 22.8 Å². The summed E-state index contributed by atoms with van der Waals surface area (Å²) in [5.74, 6) is 1.43. The van der Waals surface area contributed by atoms with E-state index in [1.165, 1.54) is 12.8 Å². The van der Waals surface area contributed by atoms with Gasteiger partial charge < -0.3 is 0 Å². The Hall–Kier alpha value is -0.520. The molecule has 13 heavy (non-hydrogen) atoms. The molecule has 0 radical (unpaired) electrons. The van der Waals surface area contributed by atoms with Crippen LogP contribution in [0.25, 0.3) is 0 Å². The molecule has 0 aliphatic heterocycles. The first-order valence-corrected chi connectivity index (χ1v) is 5.38. The monoisotopic (exact) mass is 178 g/mol. The molecular formula is C13H22. The fourth-order valence-electron chi connectivity index (χ4n) is 2.03. The van der Waals surface area contributed by atoms with Gasteiger partial charge in [0.25, 0.3) is 0 Å². The highest BCUT2D eigenvalue weighted by atomic mass is 14.2. The van der Waals surface area contributed by atoms with E-state index in [1.807, 2.05) is 0 Å². The maximum atomic E-state index is 2.41. The minimum absolute atomic E-state index is 0.655. The Morgan fingerprint density at radius 2 is 1.69 bits per heavy atom. The lowest BCUT2D eigenvalue weighted by atomic mass is 9.83. The second-order valence-electron chi connectivity index (χ2n) is 4.51. The summed E-state index contributed by atoms with van der Waals surface area (Å²) in [6.45, 7) is 11.5. The molecule has 1 aliphatic carbocycles. The quantitative estimate of drug-likeness (QED) is 0.484. The third-order valence-electron chi connectivity index (χ3n) is 3.76. The van der Waals surface area contributed by atoms with Crippen molar-refractivity contribution in [1.29, 1.82) is 0 Å². The summed E-state index contributed by atoms with van der Waals surface area (Å²) in [6.07, 6.45) is 4.98. The van der Waals surface area contributed by atoms with E-state index in [0.29, 0.717) is 5.92 Å². The van der Waals surface area contributed by atoms with E-state index in [4.69, 9.17) is 0 Å². The average molecular weight is 178 g/mol. The van der Waals surface area contributed by atoms with Crippen molar-refractivity contribution < 1.29 is 0 Å². The molecule has 0 heteroatoms. The Balaban J connectivity index is 2.99. The van der Waals surface area contributed by atoms with Crippen LogP contribution >= 0.6 is 0 Å². The lowest BCUT2D eigenvalue weighted by molar-refractivity contribution is 0.586. The predicted molar refractivity (Wildman–Crippen MR) is 59.7 cm³/mol. The second kappa shape index (κ2) is 4.13. The lowest BCUT2D eigenvalue weighted by Gasteiger charge is -2.23. The zero-order chi connectivity index (χ0) is 10.0. The molecule has 0 nitrogen and oxygen atoms in total. The summed E-state index contributed by atoms with van der Waals surface area (Å²) in [7, 11) is 0. The summed E-state index contributed by atoms with van der Waals surface area (Å²) < 4.78 is 0. The van der Waals surface area contributed by atoms with Crippen LogP contribution in [0.2, 0.25) is 0 Å². The van der Waals surface area contributed by atoms with Gasteiger partial charge in [-0.3, -0.25) is 0 Å². The summed E-state index contributed by atoms with van der Waals surface area (Å²) in [4.78, 5) is 0. The SMILES string of the molecule is C/C1=C/CCC(C)/C(C)=C(/C)C1C. The Kier molecular flexibility index (Phi) is 3.35. The molecule has 0 saturated heterocycles. The van der Waals surface area contributed by atoms with E-state index >= 15 is 0 Å². The molecule has 0 spiro atoms. The molecule has 0 N–H and O–H groups in total. The van der Waals surface area contributed by atoms with Gasteiger partial charge in [-0.05, 0) is 45.4 Å². The van der Waals surface area contributed by atoms with Gasteiger partial charge in [-0.25, -0.2) is 0 Å². The normalized spacial score (nSPS) is 40.5. The smallest absolute Gasteiger partial charge is 0.00243 e. The van der Waals surface area contributed by atoms with Crippen LogP contribution in [0.4, 0.5) is 0 Å². The average Bonchev–Trinajstić information content (AvgIpc) is 2.12. The highest BCUT2D eigenvalue weighted by Gasteiger charge is 2.15. The summed E-state index contributed by atoms with van der Waals surface area (Å²) in [5, 5.41) is 0. The molecule has 0 bridgehead atoms. The van der Waals surface area contributed by atoms with Crippen molar-refractivity contribution in [3.8, 4) is 0 Å². The molecule has 0 aromatic heterocycles. The van der Waals surface area contributed by atoms with Crippen molar-refractivity contribution in [3.63, 3.8) is 0 Å². The van der Waals surface area contributed by atoms with Gasteiger partial charge in [0.05, 0.1) is 0 Å². The number of rotatable bonds is 0. The van der Waals surface area contributed by atoms with E-state index in [-0.39, 0.29) is 0 Å². The lowest BCUT2D eigenvalue weighted by Crippen LogP contribution is -2.08.